The van der Waals surface area contributed by atoms with Crippen LogP contribution in [0.2, 0.25) is 0 Å². The van der Waals surface area contributed by atoms with Crippen molar-refractivity contribution < 1.29 is 14.4 Å². The van der Waals surface area contributed by atoms with E-state index < -0.39 is 10.4 Å². The van der Waals surface area contributed by atoms with Crippen molar-refractivity contribution in [1.29, 1.82) is 0 Å². The molecule has 1 aliphatic carbocycles. The first kappa shape index (κ1) is 20.1. The lowest BCUT2D eigenvalue weighted by Gasteiger charge is -2.24. The quantitative estimate of drug-likeness (QED) is 0.549. The Bertz CT molecular complexity index is 989. The average Bonchev–Trinajstić information content (AvgIpc) is 3.06. The van der Waals surface area contributed by atoms with E-state index in [0.717, 1.165) is 6.42 Å². The van der Waals surface area contributed by atoms with Crippen LogP contribution in [0.4, 0.5) is 0 Å². The fraction of sp³-hybridized carbons (Fsp3) is 0.526. The standard InChI is InChI=1S/C19H21Cl2N5O3/c1-11(27)17-13-4-5-22-9-15(13)26(24-17)10-16(28)25-6-2-3-14(25)18(29)23-8-12-7-19(12,20)21/h4-5,9,12,14H,2-3,6-8,10H2,1H3,(H,23,29)/t12-,14+/m1/s1. The number of hydrogen-bond donors (Lipinski definition) is 1. The zero-order valence-corrected chi connectivity index (χ0v) is 17.4. The number of carbonyl (C=O) groups excluding carboxylic acids is 3. The predicted molar refractivity (Wildman–Crippen MR) is 108 cm³/mol. The van der Waals surface area contributed by atoms with Crippen molar-refractivity contribution in [2.75, 3.05) is 13.1 Å². The van der Waals surface area contributed by atoms with Gasteiger partial charge in [0.1, 0.15) is 22.6 Å². The third-order valence-electron chi connectivity index (χ3n) is 5.53. The number of ketones is 1. The van der Waals surface area contributed by atoms with Crippen LogP contribution in [0.1, 0.15) is 36.7 Å². The van der Waals surface area contributed by atoms with Gasteiger partial charge in [-0.15, -0.1) is 23.2 Å². The Labute approximate surface area is 177 Å². The van der Waals surface area contributed by atoms with Crippen molar-refractivity contribution in [1.82, 2.24) is 25.0 Å². The molecule has 1 N–H and O–H groups in total. The predicted octanol–water partition coefficient (Wildman–Crippen LogP) is 1.93. The van der Waals surface area contributed by atoms with E-state index in [-0.39, 0.29) is 30.1 Å². The first-order valence-corrected chi connectivity index (χ1v) is 10.3. The summed E-state index contributed by atoms with van der Waals surface area (Å²) in [5.74, 6) is -0.543. The number of carbonyl (C=O) groups is 3. The van der Waals surface area contributed by atoms with Crippen molar-refractivity contribution in [2.24, 2.45) is 5.92 Å². The van der Waals surface area contributed by atoms with Crippen molar-refractivity contribution in [2.45, 2.75) is 43.1 Å². The number of Topliss-reactive ketones (excluding diaryl/α,β-unsaturated/α-hetero) is 1. The molecule has 3 heterocycles. The molecular formula is C19H21Cl2N5O3. The van der Waals surface area contributed by atoms with Gasteiger partial charge in [0, 0.05) is 37.5 Å². The smallest absolute Gasteiger partial charge is 0.245 e. The van der Waals surface area contributed by atoms with E-state index >= 15 is 0 Å². The molecule has 2 aromatic rings. The summed E-state index contributed by atoms with van der Waals surface area (Å²) in [4.78, 5) is 43.1. The summed E-state index contributed by atoms with van der Waals surface area (Å²) in [6.07, 6.45) is 5.18. The highest BCUT2D eigenvalue weighted by Crippen LogP contribution is 2.52. The highest BCUT2D eigenvalue weighted by Gasteiger charge is 2.51. The van der Waals surface area contributed by atoms with E-state index in [1.54, 1.807) is 23.4 Å². The normalized spacial score (nSPS) is 22.7. The molecular weight excluding hydrogens is 417 g/mol. The van der Waals surface area contributed by atoms with Crippen LogP contribution in [0.5, 0.6) is 0 Å². The molecule has 2 aromatic heterocycles. The van der Waals surface area contributed by atoms with Gasteiger partial charge in [0.25, 0.3) is 0 Å². The Morgan fingerprint density at radius 1 is 1.34 bits per heavy atom. The summed E-state index contributed by atoms with van der Waals surface area (Å²) >= 11 is 12.0. The van der Waals surface area contributed by atoms with Gasteiger partial charge in [-0.1, -0.05) is 0 Å². The molecule has 2 fully saturated rings. The van der Waals surface area contributed by atoms with Gasteiger partial charge in [0.15, 0.2) is 5.78 Å². The van der Waals surface area contributed by atoms with Crippen LogP contribution in [0, 0.1) is 5.92 Å². The molecule has 2 atom stereocenters. The average molecular weight is 438 g/mol. The van der Waals surface area contributed by atoms with Gasteiger partial charge in [0.05, 0.1) is 11.7 Å². The summed E-state index contributed by atoms with van der Waals surface area (Å²) in [5.41, 5.74) is 0.918. The third kappa shape index (κ3) is 3.96. The number of amides is 2. The van der Waals surface area contributed by atoms with Crippen molar-refractivity contribution in [3.63, 3.8) is 0 Å². The van der Waals surface area contributed by atoms with E-state index in [1.807, 2.05) is 0 Å². The minimum Gasteiger partial charge on any atom is -0.354 e. The SMILES string of the molecule is CC(=O)c1nn(CC(=O)N2CCC[C@H]2C(=O)NC[C@H]2CC2(Cl)Cl)c2cnccc12. The van der Waals surface area contributed by atoms with Crippen LogP contribution >= 0.6 is 23.2 Å². The van der Waals surface area contributed by atoms with Gasteiger partial charge in [0.2, 0.25) is 11.8 Å². The maximum absolute atomic E-state index is 12.9. The molecule has 0 unspecified atom stereocenters. The second kappa shape index (κ2) is 7.57. The largest absolute Gasteiger partial charge is 0.354 e. The highest BCUT2D eigenvalue weighted by atomic mass is 35.5. The molecule has 2 aliphatic rings. The number of alkyl halides is 2. The van der Waals surface area contributed by atoms with Crippen molar-refractivity contribution in [3.8, 4) is 0 Å². The topological polar surface area (TPSA) is 97.2 Å². The lowest BCUT2D eigenvalue weighted by atomic mass is 10.2. The molecule has 1 aliphatic heterocycles. The fourth-order valence-corrected chi connectivity index (χ4v) is 4.32. The second-order valence-corrected chi connectivity index (χ2v) is 9.15. The van der Waals surface area contributed by atoms with E-state index in [0.29, 0.717) is 42.5 Å². The molecule has 1 saturated carbocycles. The molecule has 0 aromatic carbocycles. The number of aromatic nitrogens is 3. The van der Waals surface area contributed by atoms with Crippen LogP contribution < -0.4 is 5.32 Å². The number of likely N-dealkylation sites (tertiary alicyclic amines) is 1. The summed E-state index contributed by atoms with van der Waals surface area (Å²) < 4.78 is 0.732. The Kier molecular flexibility index (Phi) is 5.25. The zero-order valence-electron chi connectivity index (χ0n) is 15.9. The lowest BCUT2D eigenvalue weighted by Crippen LogP contribution is -2.47. The fourth-order valence-electron chi connectivity index (χ4n) is 3.79. The van der Waals surface area contributed by atoms with Gasteiger partial charge in [-0.2, -0.15) is 5.10 Å². The van der Waals surface area contributed by atoms with Gasteiger partial charge in [-0.25, -0.2) is 0 Å². The minimum atomic E-state index is -0.748. The molecule has 4 rings (SSSR count). The van der Waals surface area contributed by atoms with E-state index in [4.69, 9.17) is 23.2 Å². The van der Waals surface area contributed by atoms with Crippen LogP contribution in [-0.2, 0) is 16.1 Å². The van der Waals surface area contributed by atoms with E-state index in [2.05, 4.69) is 15.4 Å². The van der Waals surface area contributed by atoms with Crippen molar-refractivity contribution in [3.05, 3.63) is 24.2 Å². The Morgan fingerprint density at radius 3 is 2.79 bits per heavy atom. The number of rotatable bonds is 6. The second-order valence-electron chi connectivity index (χ2n) is 7.61. The zero-order chi connectivity index (χ0) is 20.8. The minimum absolute atomic E-state index is 0.0493. The molecule has 1 saturated heterocycles. The maximum atomic E-state index is 12.9. The highest BCUT2D eigenvalue weighted by molar-refractivity contribution is 6.50. The Hall–Kier alpha value is -2.19. The number of pyridine rings is 1. The summed E-state index contributed by atoms with van der Waals surface area (Å²) in [6.45, 7) is 2.29. The Morgan fingerprint density at radius 2 is 2.10 bits per heavy atom. The number of hydrogen-bond acceptors (Lipinski definition) is 5. The molecule has 0 spiro atoms. The molecule has 2 amide bonds. The lowest BCUT2D eigenvalue weighted by molar-refractivity contribution is -0.139. The Balaban J connectivity index is 1.46. The van der Waals surface area contributed by atoms with Crippen LogP contribution in [0.25, 0.3) is 10.9 Å². The molecule has 0 radical (unpaired) electrons. The van der Waals surface area contributed by atoms with Gasteiger partial charge < -0.3 is 10.2 Å². The first-order valence-electron chi connectivity index (χ1n) is 9.54. The molecule has 8 nitrogen and oxygen atoms in total. The van der Waals surface area contributed by atoms with Crippen LogP contribution in [0.15, 0.2) is 18.5 Å². The third-order valence-corrected chi connectivity index (χ3v) is 6.45. The molecule has 10 heteroatoms. The maximum Gasteiger partial charge on any atom is 0.245 e. The summed E-state index contributed by atoms with van der Waals surface area (Å²) in [6, 6.07) is 1.19. The first-order chi connectivity index (χ1) is 13.8. The van der Waals surface area contributed by atoms with Crippen LogP contribution in [0.3, 0.4) is 0 Å². The van der Waals surface area contributed by atoms with Gasteiger partial charge in [-0.05, 0) is 25.3 Å². The molecule has 29 heavy (non-hydrogen) atoms. The van der Waals surface area contributed by atoms with Gasteiger partial charge in [-0.3, -0.25) is 24.0 Å². The number of halogens is 2. The monoisotopic (exact) mass is 437 g/mol. The molecule has 0 bridgehead atoms. The van der Waals surface area contributed by atoms with E-state index in [9.17, 15) is 14.4 Å². The van der Waals surface area contributed by atoms with E-state index in [1.165, 1.54) is 11.6 Å². The van der Waals surface area contributed by atoms with Crippen molar-refractivity contribution >= 4 is 51.7 Å². The summed E-state index contributed by atoms with van der Waals surface area (Å²) in [5, 5.41) is 7.82. The van der Waals surface area contributed by atoms with Crippen LogP contribution in [-0.4, -0.2) is 60.7 Å². The summed E-state index contributed by atoms with van der Waals surface area (Å²) in [7, 11) is 0. The van der Waals surface area contributed by atoms with Gasteiger partial charge >= 0.3 is 0 Å². The number of nitrogens with one attached hydrogen (secondary N) is 1. The molecule has 154 valence electrons. The number of fused-ring (bicyclic) bond motifs is 1. The number of nitrogens with zero attached hydrogens (tertiary/aromatic N) is 4.